The van der Waals surface area contributed by atoms with Crippen LogP contribution in [0.2, 0.25) is 0 Å². The molecular formula is C12H18N8O. The molecule has 1 aliphatic rings. The van der Waals surface area contributed by atoms with Crippen LogP contribution in [-0.2, 0) is 11.3 Å². The highest BCUT2D eigenvalue weighted by Gasteiger charge is 2.22. The number of primary amides is 1. The number of hydrogen-bond donors (Lipinski definition) is 1. The zero-order chi connectivity index (χ0) is 14.8. The number of piperazine rings is 1. The molecule has 0 radical (unpaired) electrons. The standard InChI is InChI=1S/C12H18N8O/c1-2-20-12-10(16-17-20)11(14-8-15-12)19-5-3-18(4-6-19)7-9(13)21/h8H,2-7H2,1H3,(H2,13,21). The molecule has 2 aromatic heterocycles. The fourth-order valence-electron chi connectivity index (χ4n) is 2.56. The molecule has 0 aromatic carbocycles. The van der Waals surface area contributed by atoms with Gasteiger partial charge in [0.25, 0.3) is 0 Å². The molecule has 2 aromatic rings. The van der Waals surface area contributed by atoms with E-state index in [-0.39, 0.29) is 5.91 Å². The number of nitrogens with zero attached hydrogens (tertiary/aromatic N) is 7. The Morgan fingerprint density at radius 3 is 2.71 bits per heavy atom. The number of fused-ring (bicyclic) bond motifs is 1. The summed E-state index contributed by atoms with van der Waals surface area (Å²) in [7, 11) is 0. The van der Waals surface area contributed by atoms with Crippen LogP contribution in [0.3, 0.4) is 0 Å². The average molecular weight is 290 g/mol. The van der Waals surface area contributed by atoms with Crippen molar-refractivity contribution in [1.29, 1.82) is 0 Å². The third-order valence-electron chi connectivity index (χ3n) is 3.63. The van der Waals surface area contributed by atoms with E-state index in [1.54, 1.807) is 11.0 Å². The maximum atomic E-state index is 11.0. The summed E-state index contributed by atoms with van der Waals surface area (Å²) < 4.78 is 1.75. The Kier molecular flexibility index (Phi) is 3.65. The van der Waals surface area contributed by atoms with Crippen LogP contribution in [0.5, 0.6) is 0 Å². The predicted molar refractivity (Wildman–Crippen MR) is 76.6 cm³/mol. The summed E-state index contributed by atoms with van der Waals surface area (Å²) in [5, 5.41) is 8.28. The Hall–Kier alpha value is -2.29. The summed E-state index contributed by atoms with van der Waals surface area (Å²) in [6, 6.07) is 0. The summed E-state index contributed by atoms with van der Waals surface area (Å²) in [5.74, 6) is 0.511. The van der Waals surface area contributed by atoms with E-state index in [0.29, 0.717) is 6.54 Å². The molecule has 1 fully saturated rings. The van der Waals surface area contributed by atoms with E-state index in [0.717, 1.165) is 49.7 Å². The summed E-state index contributed by atoms with van der Waals surface area (Å²) in [6.45, 7) is 6.13. The fraction of sp³-hybridized carbons (Fsp3) is 0.583. The molecule has 0 unspecified atom stereocenters. The van der Waals surface area contributed by atoms with Crippen LogP contribution in [0.25, 0.3) is 11.2 Å². The lowest BCUT2D eigenvalue weighted by Crippen LogP contribution is -2.49. The Bertz CT molecular complexity index is 646. The van der Waals surface area contributed by atoms with E-state index in [1.807, 2.05) is 11.8 Å². The third kappa shape index (κ3) is 2.64. The minimum atomic E-state index is -0.293. The van der Waals surface area contributed by atoms with Crippen molar-refractivity contribution in [3.05, 3.63) is 6.33 Å². The van der Waals surface area contributed by atoms with Crippen molar-refractivity contribution in [2.24, 2.45) is 5.73 Å². The average Bonchev–Trinajstić information content (AvgIpc) is 2.90. The second-order valence-corrected chi connectivity index (χ2v) is 5.00. The SMILES string of the molecule is CCn1nnc2c(N3CCN(CC(N)=O)CC3)ncnc21. The van der Waals surface area contributed by atoms with Crippen LogP contribution < -0.4 is 10.6 Å². The van der Waals surface area contributed by atoms with Crippen LogP contribution >= 0.6 is 0 Å². The maximum absolute atomic E-state index is 11.0. The first-order valence-electron chi connectivity index (χ1n) is 6.99. The van der Waals surface area contributed by atoms with E-state index in [9.17, 15) is 4.79 Å². The molecule has 0 aliphatic carbocycles. The van der Waals surface area contributed by atoms with Crippen LogP contribution in [0, 0.1) is 0 Å². The van der Waals surface area contributed by atoms with Gasteiger partial charge in [0.15, 0.2) is 17.0 Å². The van der Waals surface area contributed by atoms with Gasteiger partial charge in [0.2, 0.25) is 5.91 Å². The van der Waals surface area contributed by atoms with Gasteiger partial charge in [0.05, 0.1) is 6.54 Å². The molecule has 9 nitrogen and oxygen atoms in total. The lowest BCUT2D eigenvalue weighted by molar-refractivity contribution is -0.119. The van der Waals surface area contributed by atoms with Gasteiger partial charge in [-0.3, -0.25) is 9.69 Å². The molecule has 112 valence electrons. The predicted octanol–water partition coefficient (Wildman–Crippen LogP) is -1.15. The highest BCUT2D eigenvalue weighted by molar-refractivity contribution is 5.82. The Morgan fingerprint density at radius 1 is 1.29 bits per heavy atom. The van der Waals surface area contributed by atoms with Gasteiger partial charge in [-0.15, -0.1) is 5.10 Å². The first-order chi connectivity index (χ1) is 10.2. The minimum Gasteiger partial charge on any atom is -0.369 e. The first-order valence-corrected chi connectivity index (χ1v) is 6.99. The second-order valence-electron chi connectivity index (χ2n) is 5.00. The van der Waals surface area contributed by atoms with Gasteiger partial charge < -0.3 is 10.6 Å². The molecule has 1 saturated heterocycles. The number of aryl methyl sites for hydroxylation is 1. The monoisotopic (exact) mass is 290 g/mol. The van der Waals surface area contributed by atoms with Gasteiger partial charge in [0, 0.05) is 32.7 Å². The van der Waals surface area contributed by atoms with E-state index >= 15 is 0 Å². The van der Waals surface area contributed by atoms with Gasteiger partial charge in [-0.25, -0.2) is 14.6 Å². The summed E-state index contributed by atoms with van der Waals surface area (Å²) in [5.41, 5.74) is 6.70. The summed E-state index contributed by atoms with van der Waals surface area (Å²) in [4.78, 5) is 23.7. The van der Waals surface area contributed by atoms with Crippen molar-refractivity contribution >= 4 is 22.9 Å². The maximum Gasteiger partial charge on any atom is 0.231 e. The number of anilines is 1. The zero-order valence-electron chi connectivity index (χ0n) is 11.9. The van der Waals surface area contributed by atoms with Gasteiger partial charge in [-0.1, -0.05) is 5.21 Å². The van der Waals surface area contributed by atoms with E-state index in [2.05, 4.69) is 25.2 Å². The number of nitrogens with two attached hydrogens (primary N) is 1. The summed E-state index contributed by atoms with van der Waals surface area (Å²) in [6.07, 6.45) is 1.54. The molecule has 2 N–H and O–H groups in total. The van der Waals surface area contributed by atoms with Crippen molar-refractivity contribution in [2.75, 3.05) is 37.6 Å². The van der Waals surface area contributed by atoms with E-state index in [4.69, 9.17) is 5.73 Å². The molecule has 21 heavy (non-hydrogen) atoms. The Balaban J connectivity index is 1.79. The molecule has 0 saturated carbocycles. The van der Waals surface area contributed by atoms with Gasteiger partial charge >= 0.3 is 0 Å². The number of rotatable bonds is 4. The number of carbonyl (C=O) groups is 1. The second kappa shape index (κ2) is 5.60. The lowest BCUT2D eigenvalue weighted by Gasteiger charge is -2.34. The third-order valence-corrected chi connectivity index (χ3v) is 3.63. The summed E-state index contributed by atoms with van der Waals surface area (Å²) >= 11 is 0. The van der Waals surface area contributed by atoms with Crippen molar-refractivity contribution in [2.45, 2.75) is 13.5 Å². The molecule has 3 heterocycles. The van der Waals surface area contributed by atoms with Crippen LogP contribution in [0.4, 0.5) is 5.82 Å². The molecule has 3 rings (SSSR count). The first kappa shape index (κ1) is 13.7. The number of aromatic nitrogens is 5. The number of hydrogen-bond acceptors (Lipinski definition) is 7. The van der Waals surface area contributed by atoms with Gasteiger partial charge in [0.1, 0.15) is 6.33 Å². The molecule has 0 spiro atoms. The van der Waals surface area contributed by atoms with Crippen molar-refractivity contribution in [3.63, 3.8) is 0 Å². The van der Waals surface area contributed by atoms with Gasteiger partial charge in [-0.05, 0) is 6.92 Å². The molecular weight excluding hydrogens is 272 g/mol. The molecule has 1 amide bonds. The smallest absolute Gasteiger partial charge is 0.231 e. The zero-order valence-corrected chi connectivity index (χ0v) is 11.9. The Morgan fingerprint density at radius 2 is 2.05 bits per heavy atom. The number of amides is 1. The number of carbonyl (C=O) groups excluding carboxylic acids is 1. The molecule has 0 atom stereocenters. The van der Waals surface area contributed by atoms with Crippen LogP contribution in [0.1, 0.15) is 6.92 Å². The van der Waals surface area contributed by atoms with Crippen molar-refractivity contribution < 1.29 is 4.79 Å². The fourth-order valence-corrected chi connectivity index (χ4v) is 2.56. The normalized spacial score (nSPS) is 16.5. The molecule has 0 bridgehead atoms. The highest BCUT2D eigenvalue weighted by atomic mass is 16.1. The van der Waals surface area contributed by atoms with Crippen molar-refractivity contribution in [1.82, 2.24) is 29.9 Å². The molecule has 1 aliphatic heterocycles. The van der Waals surface area contributed by atoms with Crippen molar-refractivity contribution in [3.8, 4) is 0 Å². The van der Waals surface area contributed by atoms with Crippen LogP contribution in [0.15, 0.2) is 6.33 Å². The van der Waals surface area contributed by atoms with E-state index < -0.39 is 0 Å². The quantitative estimate of drug-likeness (QED) is 0.757. The Labute approximate surface area is 121 Å². The van der Waals surface area contributed by atoms with Gasteiger partial charge in [-0.2, -0.15) is 0 Å². The minimum absolute atomic E-state index is 0.293. The van der Waals surface area contributed by atoms with E-state index in [1.165, 1.54) is 0 Å². The topological polar surface area (TPSA) is 106 Å². The highest BCUT2D eigenvalue weighted by Crippen LogP contribution is 2.21. The molecule has 9 heteroatoms. The lowest BCUT2D eigenvalue weighted by atomic mass is 10.3. The van der Waals surface area contributed by atoms with Crippen LogP contribution in [-0.4, -0.2) is 68.5 Å². The largest absolute Gasteiger partial charge is 0.369 e.